The predicted octanol–water partition coefficient (Wildman–Crippen LogP) is -0.984. The number of hydrogen-bond acceptors (Lipinski definition) is 2. The minimum absolute atomic E-state index is 0.0118. The van der Waals surface area contributed by atoms with Crippen molar-refractivity contribution < 1.29 is 4.79 Å². The molecule has 0 aromatic rings. The third-order valence-electron chi connectivity index (χ3n) is 0.890. The number of nitrogens with one attached hydrogen (secondary N) is 1. The largest absolute Gasteiger partial charge is 0.345 e. The minimum Gasteiger partial charge on any atom is -0.345 e. The molecule has 0 aliphatic heterocycles. The second-order valence-corrected chi connectivity index (χ2v) is 2.12. The molecule has 0 fully saturated rings. The van der Waals surface area contributed by atoms with Gasteiger partial charge in [-0.2, -0.15) is 18.4 Å². The first-order valence-corrected chi connectivity index (χ1v) is 3.71. The summed E-state index contributed by atoms with van der Waals surface area (Å²) in [6.45, 7) is 0.448. The van der Waals surface area contributed by atoms with Gasteiger partial charge in [-0.15, -0.1) is 0 Å². The Bertz CT molecular complexity index is 161. The third-order valence-corrected chi connectivity index (χ3v) is 1.11. The molecule has 1 N–H and O–H groups in total. The van der Waals surface area contributed by atoms with E-state index in [9.17, 15) is 4.79 Å². The molecule has 0 aromatic heterocycles. The van der Waals surface area contributed by atoms with Crippen LogP contribution in [0.2, 0.25) is 0 Å². The van der Waals surface area contributed by atoms with Crippen molar-refractivity contribution in [2.45, 2.75) is 6.42 Å². The van der Waals surface area contributed by atoms with E-state index in [2.05, 4.69) is 29.7 Å². The maximum atomic E-state index is 10.7. The fourth-order valence-corrected chi connectivity index (χ4v) is 0.624. The molecular formula is C6H10BNOS. The molecular weight excluding hydrogens is 145 g/mol. The molecule has 54 valence electrons. The van der Waals surface area contributed by atoms with Crippen LogP contribution in [0.5, 0.6) is 0 Å². The van der Waals surface area contributed by atoms with E-state index in [1.165, 1.54) is 0 Å². The van der Waals surface area contributed by atoms with Crippen LogP contribution in [0.1, 0.15) is 6.42 Å². The highest BCUT2D eigenvalue weighted by molar-refractivity contribution is 7.80. The van der Waals surface area contributed by atoms with E-state index < -0.39 is 0 Å². The van der Waals surface area contributed by atoms with Gasteiger partial charge in [-0.1, -0.05) is 5.92 Å². The first-order valence-electron chi connectivity index (χ1n) is 3.08. The molecule has 0 spiro atoms. The van der Waals surface area contributed by atoms with Gasteiger partial charge in [0.2, 0.25) is 5.91 Å². The SMILES string of the molecule is BC#CCNC(=O)CCS. The second-order valence-electron chi connectivity index (χ2n) is 1.68. The van der Waals surface area contributed by atoms with Crippen LogP contribution in [-0.4, -0.2) is 26.1 Å². The van der Waals surface area contributed by atoms with Gasteiger partial charge in [-0.3, -0.25) is 4.79 Å². The zero-order valence-electron chi connectivity index (χ0n) is 5.98. The Morgan fingerprint density at radius 3 is 2.90 bits per heavy atom. The van der Waals surface area contributed by atoms with E-state index in [4.69, 9.17) is 0 Å². The molecule has 2 nitrogen and oxygen atoms in total. The zero-order valence-corrected chi connectivity index (χ0v) is 6.87. The van der Waals surface area contributed by atoms with Crippen molar-refractivity contribution in [1.82, 2.24) is 5.32 Å². The fraction of sp³-hybridized carbons (Fsp3) is 0.500. The van der Waals surface area contributed by atoms with Crippen molar-refractivity contribution in [3.8, 4) is 11.7 Å². The molecule has 0 bridgehead atoms. The molecule has 0 saturated heterocycles. The molecule has 0 rings (SSSR count). The van der Waals surface area contributed by atoms with E-state index in [0.717, 1.165) is 0 Å². The molecule has 0 radical (unpaired) electrons. The first-order chi connectivity index (χ1) is 4.81. The van der Waals surface area contributed by atoms with Crippen LogP contribution in [0.15, 0.2) is 0 Å². The summed E-state index contributed by atoms with van der Waals surface area (Å²) >= 11 is 3.91. The van der Waals surface area contributed by atoms with Gasteiger partial charge in [-0.25, -0.2) is 0 Å². The maximum Gasteiger partial charge on any atom is 0.221 e. The smallest absolute Gasteiger partial charge is 0.221 e. The van der Waals surface area contributed by atoms with Gasteiger partial charge >= 0.3 is 0 Å². The molecule has 0 unspecified atom stereocenters. The lowest BCUT2D eigenvalue weighted by atomic mass is 10.2. The molecule has 10 heavy (non-hydrogen) atoms. The number of thiol groups is 1. The van der Waals surface area contributed by atoms with Crippen molar-refractivity contribution in [1.29, 1.82) is 0 Å². The van der Waals surface area contributed by atoms with E-state index in [1.807, 2.05) is 0 Å². The fourth-order valence-electron chi connectivity index (χ4n) is 0.421. The summed E-state index contributed by atoms with van der Waals surface area (Å²) in [5, 5.41) is 2.62. The van der Waals surface area contributed by atoms with Crippen molar-refractivity contribution in [2.24, 2.45) is 0 Å². The number of rotatable bonds is 3. The van der Waals surface area contributed by atoms with Gasteiger partial charge in [0.15, 0.2) is 7.85 Å². The zero-order chi connectivity index (χ0) is 7.82. The standard InChI is InChI=1S/C6H10BNOS/c7-3-1-4-8-6(9)2-5-10/h10H,2,4-5,7H2,(H,8,9). The topological polar surface area (TPSA) is 29.1 Å². The van der Waals surface area contributed by atoms with Crippen LogP contribution in [0, 0.1) is 11.7 Å². The van der Waals surface area contributed by atoms with E-state index in [-0.39, 0.29) is 5.91 Å². The Labute approximate surface area is 67.6 Å². The number of hydrogen-bond donors (Lipinski definition) is 2. The molecule has 0 atom stereocenters. The van der Waals surface area contributed by atoms with Crippen molar-refractivity contribution in [3.05, 3.63) is 0 Å². The average molecular weight is 155 g/mol. The van der Waals surface area contributed by atoms with E-state index in [1.54, 1.807) is 7.85 Å². The summed E-state index contributed by atoms with van der Waals surface area (Å²) in [6, 6.07) is 0. The summed E-state index contributed by atoms with van der Waals surface area (Å²) in [5.74, 6) is 6.01. The van der Waals surface area contributed by atoms with Crippen LogP contribution in [0.3, 0.4) is 0 Å². The normalized spacial score (nSPS) is 7.70. The Kier molecular flexibility index (Phi) is 6.20. The summed E-state index contributed by atoms with van der Waals surface area (Å²) in [7, 11) is 1.74. The molecule has 0 aliphatic carbocycles. The summed E-state index contributed by atoms with van der Waals surface area (Å²) in [5.41, 5.74) is 0. The predicted molar refractivity (Wildman–Crippen MR) is 47.8 cm³/mol. The Balaban J connectivity index is 3.27. The first kappa shape index (κ1) is 9.44. The molecule has 4 heteroatoms. The number of amides is 1. The highest BCUT2D eigenvalue weighted by Crippen LogP contribution is 1.81. The van der Waals surface area contributed by atoms with Crippen molar-refractivity contribution in [2.75, 3.05) is 12.3 Å². The molecule has 0 saturated carbocycles. The molecule has 0 heterocycles. The van der Waals surface area contributed by atoms with E-state index in [0.29, 0.717) is 18.7 Å². The van der Waals surface area contributed by atoms with Crippen LogP contribution >= 0.6 is 12.6 Å². The van der Waals surface area contributed by atoms with Crippen LogP contribution in [-0.2, 0) is 4.79 Å². The van der Waals surface area contributed by atoms with Gasteiger partial charge in [0.1, 0.15) is 0 Å². The monoisotopic (exact) mass is 155 g/mol. The summed E-state index contributed by atoms with van der Waals surface area (Å²) in [6.07, 6.45) is 0.467. The van der Waals surface area contributed by atoms with Crippen LogP contribution in [0.25, 0.3) is 0 Å². The summed E-state index contributed by atoms with van der Waals surface area (Å²) in [4.78, 5) is 10.7. The maximum absolute atomic E-state index is 10.7. The van der Waals surface area contributed by atoms with Crippen molar-refractivity contribution in [3.63, 3.8) is 0 Å². The molecule has 1 amide bonds. The van der Waals surface area contributed by atoms with Gasteiger partial charge in [0, 0.05) is 6.42 Å². The van der Waals surface area contributed by atoms with Crippen LogP contribution in [0.4, 0.5) is 0 Å². The van der Waals surface area contributed by atoms with Gasteiger partial charge in [0.05, 0.1) is 6.54 Å². The molecule has 0 aromatic carbocycles. The Hall–Kier alpha value is -0.555. The quantitative estimate of drug-likeness (QED) is 0.306. The van der Waals surface area contributed by atoms with E-state index >= 15 is 0 Å². The summed E-state index contributed by atoms with van der Waals surface area (Å²) < 4.78 is 0. The van der Waals surface area contributed by atoms with Crippen LogP contribution < -0.4 is 5.32 Å². The second kappa shape index (κ2) is 6.56. The highest BCUT2D eigenvalue weighted by Gasteiger charge is 1.94. The average Bonchev–Trinajstić information content (AvgIpc) is 1.89. The minimum atomic E-state index is 0.0118. The third kappa shape index (κ3) is 5.58. The number of carbonyl (C=O) groups is 1. The molecule has 0 aliphatic rings. The lowest BCUT2D eigenvalue weighted by Gasteiger charge is -1.96. The Morgan fingerprint density at radius 2 is 2.40 bits per heavy atom. The highest BCUT2D eigenvalue weighted by atomic mass is 32.1. The van der Waals surface area contributed by atoms with Gasteiger partial charge < -0.3 is 5.32 Å². The Morgan fingerprint density at radius 1 is 1.70 bits per heavy atom. The van der Waals surface area contributed by atoms with Gasteiger partial charge in [0.25, 0.3) is 0 Å². The van der Waals surface area contributed by atoms with Crippen molar-refractivity contribution >= 4 is 26.4 Å². The lowest BCUT2D eigenvalue weighted by molar-refractivity contribution is -0.120. The van der Waals surface area contributed by atoms with Gasteiger partial charge in [-0.05, 0) is 5.75 Å². The lowest BCUT2D eigenvalue weighted by Crippen LogP contribution is -2.23. The number of carbonyl (C=O) groups excluding carboxylic acids is 1.